The lowest BCUT2D eigenvalue weighted by Crippen LogP contribution is -2.02. The van der Waals surface area contributed by atoms with E-state index in [2.05, 4.69) is 27.4 Å². The Morgan fingerprint density at radius 1 is 1.30 bits per heavy atom. The maximum Gasteiger partial charge on any atom is -0.0351 e. The van der Waals surface area contributed by atoms with Crippen molar-refractivity contribution in [2.75, 3.05) is 0 Å². The Morgan fingerprint density at radius 3 is 2.10 bits per heavy atom. The molecule has 1 heteroatoms. The second kappa shape index (κ2) is 6.81. The van der Waals surface area contributed by atoms with Crippen LogP contribution >= 0.6 is 0 Å². The van der Waals surface area contributed by atoms with Crippen LogP contribution in [0.4, 0.5) is 0 Å². The van der Waals surface area contributed by atoms with Crippen LogP contribution in [0.15, 0.2) is 12.7 Å². The molecule has 0 amide bonds. The Labute approximate surface area is 65.1 Å². The first-order valence-corrected chi connectivity index (χ1v) is 3.79. The number of hydrogen-bond donors (Lipinski definition) is 1. The first-order valence-electron chi connectivity index (χ1n) is 3.79. The van der Waals surface area contributed by atoms with Crippen LogP contribution in [0.2, 0.25) is 0 Å². The molecule has 0 aliphatic rings. The van der Waals surface area contributed by atoms with Crippen molar-refractivity contribution >= 4 is 0 Å². The van der Waals surface area contributed by atoms with Gasteiger partial charge in [-0.15, -0.1) is 6.58 Å². The van der Waals surface area contributed by atoms with Crippen molar-refractivity contribution < 1.29 is 0 Å². The molecular formula is C9H21N. The Morgan fingerprint density at radius 2 is 1.80 bits per heavy atom. The third-order valence-corrected chi connectivity index (χ3v) is 1.96. The molecule has 0 saturated carbocycles. The van der Waals surface area contributed by atoms with Gasteiger partial charge in [-0.3, -0.25) is 0 Å². The number of rotatable bonds is 4. The van der Waals surface area contributed by atoms with Crippen LogP contribution in [0.1, 0.15) is 33.6 Å². The van der Waals surface area contributed by atoms with Crippen LogP contribution < -0.4 is 6.15 Å². The zero-order chi connectivity index (χ0) is 7.28. The summed E-state index contributed by atoms with van der Waals surface area (Å²) in [6, 6.07) is 0. The highest BCUT2D eigenvalue weighted by Crippen LogP contribution is 2.15. The smallest absolute Gasteiger partial charge is 0.0351 e. The SMILES string of the molecule is C=CCCC(C)C(C)C.N. The van der Waals surface area contributed by atoms with Crippen LogP contribution in [-0.2, 0) is 0 Å². The number of hydrogen-bond acceptors (Lipinski definition) is 1. The van der Waals surface area contributed by atoms with Gasteiger partial charge in [0.05, 0.1) is 0 Å². The molecule has 0 aliphatic heterocycles. The fourth-order valence-corrected chi connectivity index (χ4v) is 0.714. The summed E-state index contributed by atoms with van der Waals surface area (Å²) in [5.41, 5.74) is 0. The van der Waals surface area contributed by atoms with Crippen LogP contribution in [0, 0.1) is 11.8 Å². The molecule has 0 spiro atoms. The third-order valence-electron chi connectivity index (χ3n) is 1.96. The Kier molecular flexibility index (Phi) is 8.44. The number of allylic oxidation sites excluding steroid dienone is 1. The summed E-state index contributed by atoms with van der Waals surface area (Å²) in [6.45, 7) is 10.5. The summed E-state index contributed by atoms with van der Waals surface area (Å²) in [7, 11) is 0. The first-order chi connectivity index (χ1) is 4.18. The van der Waals surface area contributed by atoms with Crippen molar-refractivity contribution in [3.63, 3.8) is 0 Å². The quantitative estimate of drug-likeness (QED) is 0.601. The highest BCUT2D eigenvalue weighted by atomic mass is 14.1. The molecule has 1 atom stereocenters. The monoisotopic (exact) mass is 143 g/mol. The molecule has 62 valence electrons. The summed E-state index contributed by atoms with van der Waals surface area (Å²) < 4.78 is 0. The van der Waals surface area contributed by atoms with E-state index in [1.54, 1.807) is 0 Å². The van der Waals surface area contributed by atoms with E-state index in [0.29, 0.717) is 0 Å². The van der Waals surface area contributed by atoms with Gasteiger partial charge in [0.15, 0.2) is 0 Å². The maximum absolute atomic E-state index is 3.69. The molecule has 0 bridgehead atoms. The maximum atomic E-state index is 3.69. The summed E-state index contributed by atoms with van der Waals surface area (Å²) in [5, 5.41) is 0. The van der Waals surface area contributed by atoms with Gasteiger partial charge in [-0.25, -0.2) is 0 Å². The highest BCUT2D eigenvalue weighted by Gasteiger charge is 2.03. The molecule has 1 unspecified atom stereocenters. The second-order valence-corrected chi connectivity index (χ2v) is 3.09. The molecule has 0 aliphatic carbocycles. The average Bonchev–Trinajstić information content (AvgIpc) is 1.82. The zero-order valence-electron chi connectivity index (χ0n) is 7.56. The summed E-state index contributed by atoms with van der Waals surface area (Å²) >= 11 is 0. The van der Waals surface area contributed by atoms with E-state index in [0.717, 1.165) is 11.8 Å². The van der Waals surface area contributed by atoms with Crippen LogP contribution in [0.3, 0.4) is 0 Å². The average molecular weight is 143 g/mol. The predicted molar refractivity (Wildman–Crippen MR) is 48.5 cm³/mol. The standard InChI is InChI=1S/C9H18.H3N/c1-5-6-7-9(4)8(2)3;/h5,8-9H,1,6-7H2,2-4H3;1H3. The lowest BCUT2D eigenvalue weighted by atomic mass is 9.93. The fraction of sp³-hybridized carbons (Fsp3) is 0.778. The van der Waals surface area contributed by atoms with E-state index >= 15 is 0 Å². The molecule has 0 rings (SSSR count). The molecule has 10 heavy (non-hydrogen) atoms. The van der Waals surface area contributed by atoms with Crippen molar-refractivity contribution in [2.24, 2.45) is 11.8 Å². The lowest BCUT2D eigenvalue weighted by molar-refractivity contribution is 0.395. The summed E-state index contributed by atoms with van der Waals surface area (Å²) in [6.07, 6.45) is 4.46. The van der Waals surface area contributed by atoms with E-state index in [9.17, 15) is 0 Å². The minimum Gasteiger partial charge on any atom is -0.344 e. The highest BCUT2D eigenvalue weighted by molar-refractivity contribution is 4.69. The van der Waals surface area contributed by atoms with Gasteiger partial charge in [0.2, 0.25) is 0 Å². The van der Waals surface area contributed by atoms with Gasteiger partial charge >= 0.3 is 0 Å². The third kappa shape index (κ3) is 5.83. The molecule has 0 saturated heterocycles. The van der Waals surface area contributed by atoms with Gasteiger partial charge < -0.3 is 6.15 Å². The van der Waals surface area contributed by atoms with Gasteiger partial charge in [-0.05, 0) is 24.7 Å². The van der Waals surface area contributed by atoms with Crippen LogP contribution in [0.25, 0.3) is 0 Å². The molecule has 0 radical (unpaired) electrons. The molecule has 0 aromatic carbocycles. The van der Waals surface area contributed by atoms with E-state index in [-0.39, 0.29) is 6.15 Å². The van der Waals surface area contributed by atoms with E-state index in [1.807, 2.05) is 6.08 Å². The second-order valence-electron chi connectivity index (χ2n) is 3.09. The molecule has 0 fully saturated rings. The Bertz CT molecular complexity index is 76.8. The minimum atomic E-state index is 0. The predicted octanol–water partition coefficient (Wildman–Crippen LogP) is 3.41. The largest absolute Gasteiger partial charge is 0.344 e. The minimum absolute atomic E-state index is 0. The first kappa shape index (κ1) is 12.4. The van der Waals surface area contributed by atoms with Crippen LogP contribution in [-0.4, -0.2) is 0 Å². The van der Waals surface area contributed by atoms with E-state index in [1.165, 1.54) is 12.8 Å². The zero-order valence-corrected chi connectivity index (χ0v) is 7.56. The summed E-state index contributed by atoms with van der Waals surface area (Å²) in [5.74, 6) is 1.67. The van der Waals surface area contributed by atoms with E-state index in [4.69, 9.17) is 0 Å². The Balaban J connectivity index is 0. The van der Waals surface area contributed by atoms with Gasteiger partial charge in [0, 0.05) is 0 Å². The lowest BCUT2D eigenvalue weighted by Gasteiger charge is -2.13. The Hall–Kier alpha value is -0.300. The van der Waals surface area contributed by atoms with E-state index < -0.39 is 0 Å². The van der Waals surface area contributed by atoms with Gasteiger partial charge in [0.1, 0.15) is 0 Å². The molecule has 3 N–H and O–H groups in total. The molecular weight excluding hydrogens is 122 g/mol. The van der Waals surface area contributed by atoms with Crippen molar-refractivity contribution in [3.8, 4) is 0 Å². The molecule has 0 heterocycles. The van der Waals surface area contributed by atoms with Crippen molar-refractivity contribution in [1.82, 2.24) is 6.15 Å². The normalized spacial score (nSPS) is 12.4. The summed E-state index contributed by atoms with van der Waals surface area (Å²) in [4.78, 5) is 0. The van der Waals surface area contributed by atoms with Crippen molar-refractivity contribution in [3.05, 3.63) is 12.7 Å². The van der Waals surface area contributed by atoms with Crippen molar-refractivity contribution in [2.45, 2.75) is 33.6 Å². The molecule has 1 nitrogen and oxygen atoms in total. The van der Waals surface area contributed by atoms with Crippen molar-refractivity contribution in [1.29, 1.82) is 0 Å². The van der Waals surface area contributed by atoms with Gasteiger partial charge in [0.25, 0.3) is 0 Å². The molecule has 0 aromatic rings. The molecule has 0 aromatic heterocycles. The topological polar surface area (TPSA) is 35.0 Å². The van der Waals surface area contributed by atoms with Crippen LogP contribution in [0.5, 0.6) is 0 Å². The fourth-order valence-electron chi connectivity index (χ4n) is 0.714. The van der Waals surface area contributed by atoms with Gasteiger partial charge in [-0.2, -0.15) is 0 Å². The van der Waals surface area contributed by atoms with Gasteiger partial charge in [-0.1, -0.05) is 26.8 Å².